The first-order valence-corrected chi connectivity index (χ1v) is 6.45. The fourth-order valence-corrected chi connectivity index (χ4v) is 1.70. The second-order valence-corrected chi connectivity index (χ2v) is 4.65. The molecule has 0 saturated carbocycles. The molecular weight excluding hydrogens is 228 g/mol. The summed E-state index contributed by atoms with van der Waals surface area (Å²) in [7, 11) is 0. The van der Waals surface area contributed by atoms with E-state index in [2.05, 4.69) is 25.2 Å². The molecule has 0 radical (unpaired) electrons. The van der Waals surface area contributed by atoms with Crippen LogP contribution in [0.2, 0.25) is 0 Å². The third-order valence-electron chi connectivity index (χ3n) is 2.67. The number of benzene rings is 1. The van der Waals surface area contributed by atoms with Crippen molar-refractivity contribution in [2.75, 3.05) is 26.2 Å². The van der Waals surface area contributed by atoms with E-state index >= 15 is 0 Å². The first-order chi connectivity index (χ1) is 8.65. The van der Waals surface area contributed by atoms with Gasteiger partial charge in [-0.05, 0) is 17.5 Å². The number of nitrogens with one attached hydrogen (secondary N) is 1. The van der Waals surface area contributed by atoms with E-state index in [0.29, 0.717) is 32.2 Å². The predicted octanol–water partition coefficient (Wildman–Crippen LogP) is 1.10. The van der Waals surface area contributed by atoms with E-state index in [9.17, 15) is 5.11 Å². The summed E-state index contributed by atoms with van der Waals surface area (Å²) < 4.78 is 5.67. The quantitative estimate of drug-likeness (QED) is 0.606. The first kappa shape index (κ1) is 15.0. The molecule has 1 rings (SSSR count). The molecule has 1 atom stereocenters. The summed E-state index contributed by atoms with van der Waals surface area (Å²) in [5.74, 6) is 1.26. The third-order valence-corrected chi connectivity index (χ3v) is 2.67. The molecule has 4 heteroatoms. The second kappa shape index (κ2) is 8.08. The van der Waals surface area contributed by atoms with Crippen LogP contribution in [0.1, 0.15) is 25.3 Å². The Labute approximate surface area is 109 Å². The molecule has 0 saturated heterocycles. The molecule has 4 nitrogen and oxygen atoms in total. The number of nitrogens with two attached hydrogens (primary N) is 1. The van der Waals surface area contributed by atoms with Crippen molar-refractivity contribution in [3.05, 3.63) is 29.8 Å². The molecule has 0 bridgehead atoms. The van der Waals surface area contributed by atoms with Gasteiger partial charge in [-0.3, -0.25) is 0 Å². The van der Waals surface area contributed by atoms with E-state index in [4.69, 9.17) is 10.5 Å². The molecule has 1 aromatic rings. The number of para-hydroxylation sites is 1. The molecule has 18 heavy (non-hydrogen) atoms. The van der Waals surface area contributed by atoms with Gasteiger partial charge in [0.2, 0.25) is 0 Å². The van der Waals surface area contributed by atoms with E-state index in [1.54, 1.807) is 0 Å². The van der Waals surface area contributed by atoms with Crippen LogP contribution in [0.5, 0.6) is 5.75 Å². The van der Waals surface area contributed by atoms with Crippen LogP contribution in [-0.4, -0.2) is 37.5 Å². The molecule has 1 unspecified atom stereocenters. The summed E-state index contributed by atoms with van der Waals surface area (Å²) in [5.41, 5.74) is 6.52. The Hall–Kier alpha value is -1.10. The van der Waals surface area contributed by atoms with Crippen LogP contribution < -0.4 is 15.8 Å². The van der Waals surface area contributed by atoms with Gasteiger partial charge in [0.1, 0.15) is 18.5 Å². The molecule has 0 amide bonds. The zero-order chi connectivity index (χ0) is 13.4. The minimum Gasteiger partial charge on any atom is -0.491 e. The van der Waals surface area contributed by atoms with E-state index in [-0.39, 0.29) is 0 Å². The molecule has 0 spiro atoms. The molecule has 0 fully saturated rings. The zero-order valence-corrected chi connectivity index (χ0v) is 11.2. The van der Waals surface area contributed by atoms with Crippen molar-refractivity contribution in [3.8, 4) is 5.75 Å². The van der Waals surface area contributed by atoms with Gasteiger partial charge in [0.05, 0.1) is 0 Å². The van der Waals surface area contributed by atoms with Crippen molar-refractivity contribution in [2.45, 2.75) is 25.9 Å². The Bertz CT molecular complexity index is 342. The van der Waals surface area contributed by atoms with Gasteiger partial charge in [-0.2, -0.15) is 0 Å². The fraction of sp³-hybridized carbons (Fsp3) is 0.571. The fourth-order valence-electron chi connectivity index (χ4n) is 1.70. The maximum atomic E-state index is 9.74. The molecular formula is C14H24N2O2. The molecule has 0 aliphatic rings. The normalized spacial score (nSPS) is 12.7. The Balaban J connectivity index is 2.43. The number of hydrogen-bond acceptors (Lipinski definition) is 4. The van der Waals surface area contributed by atoms with Gasteiger partial charge >= 0.3 is 0 Å². The van der Waals surface area contributed by atoms with Crippen LogP contribution in [0.4, 0.5) is 0 Å². The van der Waals surface area contributed by atoms with Crippen molar-refractivity contribution in [3.63, 3.8) is 0 Å². The highest BCUT2D eigenvalue weighted by Gasteiger charge is 2.09. The van der Waals surface area contributed by atoms with Crippen LogP contribution in [0, 0.1) is 0 Å². The number of aliphatic hydroxyl groups excluding tert-OH is 1. The molecule has 1 aromatic carbocycles. The van der Waals surface area contributed by atoms with E-state index in [0.717, 1.165) is 5.75 Å². The van der Waals surface area contributed by atoms with E-state index in [1.807, 2.05) is 18.2 Å². The lowest BCUT2D eigenvalue weighted by molar-refractivity contribution is 0.106. The topological polar surface area (TPSA) is 67.5 Å². The van der Waals surface area contributed by atoms with Crippen LogP contribution >= 0.6 is 0 Å². The molecule has 0 aliphatic carbocycles. The smallest absolute Gasteiger partial charge is 0.122 e. The largest absolute Gasteiger partial charge is 0.491 e. The SMILES string of the molecule is CC(C)c1ccccc1OCC(O)CNCCN. The molecule has 4 N–H and O–H groups in total. The summed E-state index contributed by atoms with van der Waals surface area (Å²) in [6.45, 7) is 6.33. The Morgan fingerprint density at radius 3 is 2.72 bits per heavy atom. The number of ether oxygens (including phenoxy) is 1. The minimum absolute atomic E-state index is 0.293. The lowest BCUT2D eigenvalue weighted by atomic mass is 10.0. The molecule has 102 valence electrons. The summed E-state index contributed by atoms with van der Waals surface area (Å²) in [4.78, 5) is 0. The van der Waals surface area contributed by atoms with Gasteiger partial charge in [0, 0.05) is 19.6 Å². The van der Waals surface area contributed by atoms with Gasteiger partial charge in [-0.15, -0.1) is 0 Å². The van der Waals surface area contributed by atoms with Crippen LogP contribution in [0.3, 0.4) is 0 Å². The highest BCUT2D eigenvalue weighted by Crippen LogP contribution is 2.25. The van der Waals surface area contributed by atoms with Crippen molar-refractivity contribution < 1.29 is 9.84 Å². The first-order valence-electron chi connectivity index (χ1n) is 6.45. The van der Waals surface area contributed by atoms with Gasteiger partial charge < -0.3 is 20.9 Å². The van der Waals surface area contributed by atoms with Crippen molar-refractivity contribution >= 4 is 0 Å². The zero-order valence-electron chi connectivity index (χ0n) is 11.2. The van der Waals surface area contributed by atoms with Crippen LogP contribution in [-0.2, 0) is 0 Å². The molecule has 0 heterocycles. The Morgan fingerprint density at radius 1 is 1.33 bits per heavy atom. The maximum absolute atomic E-state index is 9.74. The highest BCUT2D eigenvalue weighted by atomic mass is 16.5. The highest BCUT2D eigenvalue weighted by molar-refractivity contribution is 5.35. The minimum atomic E-state index is -0.517. The van der Waals surface area contributed by atoms with Crippen molar-refractivity contribution in [1.82, 2.24) is 5.32 Å². The molecule has 0 aliphatic heterocycles. The van der Waals surface area contributed by atoms with Crippen molar-refractivity contribution in [1.29, 1.82) is 0 Å². The van der Waals surface area contributed by atoms with E-state index in [1.165, 1.54) is 5.56 Å². The van der Waals surface area contributed by atoms with E-state index < -0.39 is 6.10 Å². The standard InChI is InChI=1S/C14H24N2O2/c1-11(2)13-5-3-4-6-14(13)18-10-12(17)9-16-8-7-15/h3-6,11-12,16-17H,7-10,15H2,1-2H3. The van der Waals surface area contributed by atoms with Gasteiger partial charge in [-0.1, -0.05) is 32.0 Å². The second-order valence-electron chi connectivity index (χ2n) is 4.65. The Morgan fingerprint density at radius 2 is 2.06 bits per heavy atom. The lowest BCUT2D eigenvalue weighted by Gasteiger charge is -2.16. The third kappa shape index (κ3) is 5.04. The van der Waals surface area contributed by atoms with Crippen molar-refractivity contribution in [2.24, 2.45) is 5.73 Å². The summed E-state index contributed by atoms with van der Waals surface area (Å²) in [6.07, 6.45) is -0.517. The average Bonchev–Trinajstić information content (AvgIpc) is 2.37. The summed E-state index contributed by atoms with van der Waals surface area (Å²) in [5, 5.41) is 12.8. The predicted molar refractivity (Wildman–Crippen MR) is 74.0 cm³/mol. The van der Waals surface area contributed by atoms with Gasteiger partial charge in [0.15, 0.2) is 0 Å². The number of aliphatic hydroxyl groups is 1. The Kier molecular flexibility index (Phi) is 6.72. The monoisotopic (exact) mass is 252 g/mol. The molecule has 0 aromatic heterocycles. The maximum Gasteiger partial charge on any atom is 0.122 e. The van der Waals surface area contributed by atoms with Crippen LogP contribution in [0.25, 0.3) is 0 Å². The average molecular weight is 252 g/mol. The van der Waals surface area contributed by atoms with Crippen LogP contribution in [0.15, 0.2) is 24.3 Å². The summed E-state index contributed by atoms with van der Waals surface area (Å²) in [6, 6.07) is 7.94. The van der Waals surface area contributed by atoms with Gasteiger partial charge in [0.25, 0.3) is 0 Å². The van der Waals surface area contributed by atoms with Gasteiger partial charge in [-0.25, -0.2) is 0 Å². The lowest BCUT2D eigenvalue weighted by Crippen LogP contribution is -2.34. The summed E-state index contributed by atoms with van der Waals surface area (Å²) >= 11 is 0. The number of hydrogen-bond donors (Lipinski definition) is 3. The number of rotatable bonds is 8.